The van der Waals surface area contributed by atoms with E-state index in [1.807, 2.05) is 34.9 Å². The molecule has 0 aromatic carbocycles. The van der Waals surface area contributed by atoms with E-state index in [1.165, 1.54) is 38.5 Å². The number of carboxylic acid groups (broad SMARTS) is 1. The van der Waals surface area contributed by atoms with Crippen LogP contribution in [-0.4, -0.2) is 218 Å². The lowest BCUT2D eigenvalue weighted by Crippen LogP contribution is -2.47. The van der Waals surface area contributed by atoms with Gasteiger partial charge in [-0.2, -0.15) is 0 Å². The van der Waals surface area contributed by atoms with E-state index in [9.17, 15) is 43.2 Å². The zero-order chi connectivity index (χ0) is 66.1. The fourth-order valence-electron chi connectivity index (χ4n) is 8.28. The lowest BCUT2D eigenvalue weighted by atomic mass is 10.0. The molecule has 0 bridgehead atoms. The molecule has 0 fully saturated rings. The predicted octanol–water partition coefficient (Wildman–Crippen LogP) is 5.78. The number of carbonyl (C=O) groups is 9. The van der Waals surface area contributed by atoms with Crippen molar-refractivity contribution in [2.45, 2.75) is 226 Å². The Morgan fingerprint density at radius 3 is 1.15 bits per heavy atom. The van der Waals surface area contributed by atoms with E-state index in [1.54, 1.807) is 41.5 Å². The molecule has 0 heterocycles. The van der Waals surface area contributed by atoms with Crippen LogP contribution >= 0.6 is 0 Å². The van der Waals surface area contributed by atoms with Crippen LogP contribution in [0.3, 0.4) is 0 Å². The van der Waals surface area contributed by atoms with Gasteiger partial charge in [-0.05, 0) is 88.0 Å². The SMILES string of the molecule is CC(C)(C)OC(=O)CCCCCCCCCCCCCCCCC(=O)N[C@@H](CCC(=O)N[C@@H](CCC(=O)NCCOCCOCC(=O)NCCOCCOCC(=O)NCC[N+](C)(C)CCOCCOCCC(=O)O)C(=O)OC(C)(C)C)C(=O)OC(C)(C)C. The highest BCUT2D eigenvalue weighted by atomic mass is 16.6. The molecular formula is C63H117N6O19+. The molecule has 0 aromatic rings. The number of quaternary nitrogens is 1. The number of carbonyl (C=O) groups excluding carboxylic acids is 8. The topological polar surface area (TPSA) is 317 Å². The molecule has 0 rings (SSSR count). The van der Waals surface area contributed by atoms with Gasteiger partial charge in [0.1, 0.15) is 48.6 Å². The quantitative estimate of drug-likeness (QED) is 0.0182. The molecule has 0 spiro atoms. The van der Waals surface area contributed by atoms with E-state index in [0.29, 0.717) is 50.2 Å². The number of aliphatic carboxylic acids is 1. The Bertz CT molecular complexity index is 1950. The monoisotopic (exact) mass is 1260 g/mol. The van der Waals surface area contributed by atoms with Crippen molar-refractivity contribution < 1.29 is 95.4 Å². The number of nitrogens with one attached hydrogen (secondary N) is 5. The molecule has 0 aliphatic carbocycles. The van der Waals surface area contributed by atoms with Crippen molar-refractivity contribution in [3.63, 3.8) is 0 Å². The first-order valence-corrected chi connectivity index (χ1v) is 32.0. The van der Waals surface area contributed by atoms with E-state index in [0.717, 1.165) is 51.5 Å². The van der Waals surface area contributed by atoms with E-state index in [2.05, 4.69) is 26.6 Å². The largest absolute Gasteiger partial charge is 0.481 e. The molecule has 6 N–H and O–H groups in total. The molecule has 0 aliphatic rings. The predicted molar refractivity (Wildman–Crippen MR) is 332 cm³/mol. The summed E-state index contributed by atoms with van der Waals surface area (Å²) in [6.45, 7) is 20.3. The normalized spacial score (nSPS) is 12.6. The Morgan fingerprint density at radius 1 is 0.364 bits per heavy atom. The summed E-state index contributed by atoms with van der Waals surface area (Å²) in [4.78, 5) is 112. The fraction of sp³-hybridized carbons (Fsp3) is 0.857. The third-order valence-corrected chi connectivity index (χ3v) is 12.9. The lowest BCUT2D eigenvalue weighted by molar-refractivity contribution is -0.889. The number of esters is 3. The van der Waals surface area contributed by atoms with Gasteiger partial charge in [-0.25, -0.2) is 9.59 Å². The van der Waals surface area contributed by atoms with Gasteiger partial charge in [0.2, 0.25) is 29.5 Å². The summed E-state index contributed by atoms with van der Waals surface area (Å²) in [5, 5.41) is 22.3. The van der Waals surface area contributed by atoms with E-state index < -0.39 is 58.6 Å². The second-order valence-corrected chi connectivity index (χ2v) is 25.6. The van der Waals surface area contributed by atoms with E-state index in [4.69, 9.17) is 47.7 Å². The van der Waals surface area contributed by atoms with Crippen LogP contribution in [0, 0.1) is 0 Å². The van der Waals surface area contributed by atoms with Gasteiger partial charge in [-0.1, -0.05) is 77.0 Å². The highest BCUT2D eigenvalue weighted by molar-refractivity contribution is 5.87. The Hall–Kier alpha value is -5.05. The minimum Gasteiger partial charge on any atom is -0.481 e. The smallest absolute Gasteiger partial charge is 0.329 e. The van der Waals surface area contributed by atoms with Gasteiger partial charge in [0.25, 0.3) is 0 Å². The third-order valence-electron chi connectivity index (χ3n) is 12.9. The molecular weight excluding hydrogens is 1140 g/mol. The van der Waals surface area contributed by atoms with Crippen LogP contribution in [-0.2, 0) is 85.8 Å². The molecule has 25 heteroatoms. The number of carboxylic acids is 1. The summed E-state index contributed by atoms with van der Waals surface area (Å²) in [6, 6.07) is -2.27. The van der Waals surface area contributed by atoms with Gasteiger partial charge in [-0.3, -0.25) is 33.6 Å². The summed E-state index contributed by atoms with van der Waals surface area (Å²) in [5.41, 5.74) is -2.15. The molecule has 5 amide bonds. The zero-order valence-corrected chi connectivity index (χ0v) is 55.8. The zero-order valence-electron chi connectivity index (χ0n) is 55.8. The summed E-state index contributed by atoms with van der Waals surface area (Å²) in [5.74, 6) is -4.30. The Balaban J connectivity index is 4.42. The number of ether oxygens (including phenoxy) is 9. The van der Waals surface area contributed by atoms with Gasteiger partial charge in [0.15, 0.2) is 0 Å². The van der Waals surface area contributed by atoms with Crippen molar-refractivity contribution in [1.82, 2.24) is 26.6 Å². The van der Waals surface area contributed by atoms with Crippen LogP contribution < -0.4 is 26.6 Å². The van der Waals surface area contributed by atoms with Gasteiger partial charge in [0, 0.05) is 38.8 Å². The number of hydrogen-bond acceptors (Lipinski definition) is 18. The van der Waals surface area contributed by atoms with Gasteiger partial charge in [0.05, 0.1) is 99.7 Å². The Morgan fingerprint density at radius 2 is 0.716 bits per heavy atom. The number of amides is 5. The molecule has 0 unspecified atom stereocenters. The minimum absolute atomic E-state index is 0.0406. The molecule has 0 aromatic heterocycles. The van der Waals surface area contributed by atoms with Crippen LogP contribution in [0.1, 0.15) is 197 Å². The molecule has 0 saturated carbocycles. The van der Waals surface area contributed by atoms with Crippen LogP contribution in [0.2, 0.25) is 0 Å². The van der Waals surface area contributed by atoms with Crippen molar-refractivity contribution >= 4 is 53.4 Å². The summed E-state index contributed by atoms with van der Waals surface area (Å²) < 4.78 is 49.5. The summed E-state index contributed by atoms with van der Waals surface area (Å²) >= 11 is 0. The first-order chi connectivity index (χ1) is 41.5. The molecule has 2 atom stereocenters. The number of unbranched alkanes of at least 4 members (excludes halogenated alkanes) is 13. The first kappa shape index (κ1) is 83.0. The molecule has 25 nitrogen and oxygen atoms in total. The van der Waals surface area contributed by atoms with Crippen LogP contribution in [0.15, 0.2) is 0 Å². The lowest BCUT2D eigenvalue weighted by Gasteiger charge is -2.29. The minimum atomic E-state index is -1.17. The standard InChI is InChI=1S/C63H116N6O19/c1-61(2,3)86-58(77)27-25-23-21-19-17-15-13-12-14-16-18-20-22-24-26-53(71)67-51(60(79)88-63(7,8)9)29-31-54(72)68-50(59(78)87-62(4,5)6)28-30-52(70)65-34-39-81-44-47-85-49-56(74)66-35-40-82-45-46-84-48-55(73)64-33-36-69(10,11)37-41-83-43-42-80-38-32-57(75)76/h50-51H,12-49H2,1-11H3,(H5-,64,65,66,67,68,70,71,72,73,74,75,76)/p+1/t50-,51-/m0/s1. The van der Waals surface area contributed by atoms with Crippen molar-refractivity contribution in [2.24, 2.45) is 0 Å². The molecule has 0 radical (unpaired) electrons. The maximum absolute atomic E-state index is 13.3. The van der Waals surface area contributed by atoms with Gasteiger partial charge >= 0.3 is 23.9 Å². The van der Waals surface area contributed by atoms with Crippen molar-refractivity contribution in [2.75, 3.05) is 126 Å². The first-order valence-electron chi connectivity index (χ1n) is 32.0. The Labute approximate surface area is 525 Å². The van der Waals surface area contributed by atoms with Crippen LogP contribution in [0.25, 0.3) is 0 Å². The second kappa shape index (κ2) is 49.7. The van der Waals surface area contributed by atoms with E-state index >= 15 is 0 Å². The fourth-order valence-corrected chi connectivity index (χ4v) is 8.28. The average molecular weight is 1260 g/mol. The highest BCUT2D eigenvalue weighted by Gasteiger charge is 2.30. The third kappa shape index (κ3) is 56.2. The number of hydrogen-bond donors (Lipinski definition) is 6. The van der Waals surface area contributed by atoms with Gasteiger partial charge in [-0.15, -0.1) is 0 Å². The van der Waals surface area contributed by atoms with Crippen molar-refractivity contribution in [3.8, 4) is 0 Å². The Kier molecular flexibility index (Phi) is 46.8. The maximum Gasteiger partial charge on any atom is 0.329 e. The molecule has 0 aliphatic heterocycles. The molecule has 0 saturated heterocycles. The number of rotatable bonds is 55. The summed E-state index contributed by atoms with van der Waals surface area (Å²) in [7, 11) is 4.05. The second-order valence-electron chi connectivity index (χ2n) is 25.6. The number of likely N-dealkylation sites (N-methyl/N-ethyl adjacent to an activating group) is 1. The highest BCUT2D eigenvalue weighted by Crippen LogP contribution is 2.17. The van der Waals surface area contributed by atoms with Gasteiger partial charge < -0.3 is 78.8 Å². The molecule has 88 heavy (non-hydrogen) atoms. The molecule has 512 valence electrons. The number of nitrogens with zero attached hydrogens (tertiary/aromatic N) is 1. The summed E-state index contributed by atoms with van der Waals surface area (Å²) in [6.07, 6.45) is 15.3. The van der Waals surface area contributed by atoms with Crippen LogP contribution in [0.5, 0.6) is 0 Å². The van der Waals surface area contributed by atoms with E-state index in [-0.39, 0.29) is 135 Å². The van der Waals surface area contributed by atoms with Crippen LogP contribution in [0.4, 0.5) is 0 Å². The van der Waals surface area contributed by atoms with Crippen molar-refractivity contribution in [3.05, 3.63) is 0 Å². The average Bonchev–Trinajstić information content (AvgIpc) is 3.54. The van der Waals surface area contributed by atoms with Crippen molar-refractivity contribution in [1.29, 1.82) is 0 Å². The maximum atomic E-state index is 13.3.